The van der Waals surface area contributed by atoms with Gasteiger partial charge < -0.3 is 33.0 Å². The summed E-state index contributed by atoms with van der Waals surface area (Å²) in [6.07, 6.45) is -3.40. The Morgan fingerprint density at radius 1 is 0.884 bits per heavy atom. The van der Waals surface area contributed by atoms with Crippen molar-refractivity contribution in [3.63, 3.8) is 0 Å². The number of nitriles is 1. The number of nitrogens with zero attached hydrogens (tertiary/aromatic N) is 2. The van der Waals surface area contributed by atoms with Crippen LogP contribution in [0.5, 0.6) is 0 Å². The van der Waals surface area contributed by atoms with Gasteiger partial charge in [-0.3, -0.25) is 19.2 Å². The van der Waals surface area contributed by atoms with Crippen molar-refractivity contribution in [1.82, 2.24) is 4.90 Å². The molecule has 226 valence electrons. The van der Waals surface area contributed by atoms with Gasteiger partial charge in [0.2, 0.25) is 0 Å². The van der Waals surface area contributed by atoms with Gasteiger partial charge in [-0.2, -0.15) is 5.26 Å². The first-order chi connectivity index (χ1) is 20.5. The Labute approximate surface area is 253 Å². The molecule has 2 aliphatic heterocycles. The molecule has 1 fully saturated rings. The summed E-state index contributed by atoms with van der Waals surface area (Å²) in [6.45, 7) is 4.23. The Morgan fingerprint density at radius 3 is 2.07 bits per heavy atom. The Kier molecular flexibility index (Phi) is 9.95. The van der Waals surface area contributed by atoms with Gasteiger partial charge in [0.1, 0.15) is 18.5 Å². The van der Waals surface area contributed by atoms with Crippen molar-refractivity contribution >= 4 is 42.2 Å². The molecule has 12 nitrogen and oxygen atoms in total. The SMILES string of the molecule is CC(=O)OC[C@H]1O[C@@H](N2C(c3ccccc3)=C[C@H](c3ccco3)C(C#N)=C2S)[C@@H](OC(C)=O)[C@@H](OC(C)=O)[C@@H]1OC(C)=O. The van der Waals surface area contributed by atoms with Crippen molar-refractivity contribution in [2.24, 2.45) is 0 Å². The van der Waals surface area contributed by atoms with E-state index >= 15 is 0 Å². The van der Waals surface area contributed by atoms with Gasteiger partial charge in [-0.05, 0) is 23.8 Å². The lowest BCUT2D eigenvalue weighted by Gasteiger charge is -2.49. The highest BCUT2D eigenvalue weighted by Gasteiger charge is 2.55. The van der Waals surface area contributed by atoms with Crippen molar-refractivity contribution in [1.29, 1.82) is 5.26 Å². The average Bonchev–Trinajstić information content (AvgIpc) is 3.49. The quantitative estimate of drug-likeness (QED) is 0.264. The topological polar surface area (TPSA) is 155 Å². The van der Waals surface area contributed by atoms with Gasteiger partial charge in [0.15, 0.2) is 24.5 Å². The first kappa shape index (κ1) is 31.4. The van der Waals surface area contributed by atoms with Gasteiger partial charge in [-0.1, -0.05) is 30.3 Å². The van der Waals surface area contributed by atoms with Crippen molar-refractivity contribution in [3.05, 3.63) is 76.7 Å². The van der Waals surface area contributed by atoms with E-state index in [-0.39, 0.29) is 10.6 Å². The number of allylic oxidation sites excluding steroid dienone is 2. The van der Waals surface area contributed by atoms with Crippen molar-refractivity contribution in [2.75, 3.05) is 6.61 Å². The van der Waals surface area contributed by atoms with Gasteiger partial charge in [-0.15, -0.1) is 12.6 Å². The summed E-state index contributed by atoms with van der Waals surface area (Å²) in [5.74, 6) is -3.05. The van der Waals surface area contributed by atoms with E-state index in [0.29, 0.717) is 17.0 Å². The summed E-state index contributed by atoms with van der Waals surface area (Å²) in [6, 6.07) is 14.7. The van der Waals surface area contributed by atoms with Crippen LogP contribution in [0.1, 0.15) is 44.9 Å². The molecule has 0 N–H and O–H groups in total. The van der Waals surface area contributed by atoms with Crippen molar-refractivity contribution < 1.29 is 47.3 Å². The van der Waals surface area contributed by atoms with Gasteiger partial charge in [0, 0.05) is 33.4 Å². The zero-order chi connectivity index (χ0) is 31.3. The smallest absolute Gasteiger partial charge is 0.303 e. The molecule has 0 bridgehead atoms. The maximum Gasteiger partial charge on any atom is 0.303 e. The lowest BCUT2D eigenvalue weighted by Crippen LogP contribution is -2.65. The third-order valence-electron chi connectivity index (χ3n) is 6.62. The summed E-state index contributed by atoms with van der Waals surface area (Å²) in [5, 5.41) is 10.4. The van der Waals surface area contributed by atoms with Crippen LogP contribution in [0.15, 0.2) is 69.8 Å². The highest BCUT2D eigenvalue weighted by molar-refractivity contribution is 7.84. The molecule has 1 saturated heterocycles. The number of hydrogen-bond donors (Lipinski definition) is 1. The first-order valence-corrected chi connectivity index (χ1v) is 13.7. The normalized spacial score (nSPS) is 25.2. The van der Waals surface area contributed by atoms with Crippen LogP contribution in [0.4, 0.5) is 0 Å². The van der Waals surface area contributed by atoms with Crippen LogP contribution in [0, 0.1) is 11.3 Å². The Balaban J connectivity index is 1.93. The predicted octanol–water partition coefficient (Wildman–Crippen LogP) is 3.47. The fraction of sp³-hybridized carbons (Fsp3) is 0.367. The molecule has 0 amide bonds. The van der Waals surface area contributed by atoms with E-state index in [2.05, 4.69) is 6.07 Å². The number of carbonyl (C=O) groups excluding carboxylic acids is 4. The molecule has 0 saturated carbocycles. The largest absolute Gasteiger partial charge is 0.468 e. The lowest BCUT2D eigenvalue weighted by atomic mass is 9.90. The summed E-state index contributed by atoms with van der Waals surface area (Å²) in [4.78, 5) is 50.2. The summed E-state index contributed by atoms with van der Waals surface area (Å²) in [7, 11) is 0. The molecule has 6 atom stereocenters. The van der Waals surface area contributed by atoms with Gasteiger partial charge >= 0.3 is 23.9 Å². The van der Waals surface area contributed by atoms with Crippen LogP contribution < -0.4 is 0 Å². The van der Waals surface area contributed by atoms with Crippen molar-refractivity contribution in [3.8, 4) is 6.07 Å². The highest BCUT2D eigenvalue weighted by Crippen LogP contribution is 2.45. The predicted molar refractivity (Wildman–Crippen MR) is 151 cm³/mol. The zero-order valence-electron chi connectivity index (χ0n) is 23.8. The number of thiol groups is 1. The monoisotopic (exact) mass is 610 g/mol. The van der Waals surface area contributed by atoms with Crippen molar-refractivity contribution in [2.45, 2.75) is 64.3 Å². The first-order valence-electron chi connectivity index (χ1n) is 13.2. The van der Waals surface area contributed by atoms with Crippen LogP contribution in [-0.4, -0.2) is 66.0 Å². The summed E-state index contributed by atoms with van der Waals surface area (Å²) in [5.41, 5.74) is 1.35. The second-order valence-electron chi connectivity index (χ2n) is 9.72. The van der Waals surface area contributed by atoms with E-state index in [4.69, 9.17) is 40.7 Å². The molecule has 0 spiro atoms. The minimum Gasteiger partial charge on any atom is -0.468 e. The molecular formula is C30H30N2O10S. The number of esters is 4. The minimum absolute atomic E-state index is 0.131. The van der Waals surface area contributed by atoms with Gasteiger partial charge in [0.25, 0.3) is 0 Å². The van der Waals surface area contributed by atoms with E-state index in [1.54, 1.807) is 18.2 Å². The molecule has 0 unspecified atom stereocenters. The molecule has 4 rings (SSSR count). The number of furan rings is 1. The van der Waals surface area contributed by atoms with Gasteiger partial charge in [-0.25, -0.2) is 0 Å². The Morgan fingerprint density at radius 2 is 1.51 bits per heavy atom. The van der Waals surface area contributed by atoms with E-state index in [1.165, 1.54) is 18.1 Å². The van der Waals surface area contributed by atoms with Crippen LogP contribution in [0.3, 0.4) is 0 Å². The van der Waals surface area contributed by atoms with Crippen LogP contribution in [-0.2, 0) is 42.9 Å². The molecule has 1 aromatic heterocycles. The molecule has 13 heteroatoms. The van der Waals surface area contributed by atoms with E-state index in [1.807, 2.05) is 30.3 Å². The molecule has 0 aliphatic carbocycles. The molecule has 43 heavy (non-hydrogen) atoms. The fourth-order valence-electron chi connectivity index (χ4n) is 5.03. The van der Waals surface area contributed by atoms with E-state index in [0.717, 1.165) is 20.8 Å². The molecule has 3 heterocycles. The molecule has 2 aromatic rings. The zero-order valence-corrected chi connectivity index (χ0v) is 24.7. The number of carbonyl (C=O) groups is 4. The standard InChI is InChI=1S/C30H30N2O10S/c1-16(33)38-15-25-26(39-17(2)34)27(40-18(3)35)28(41-19(4)36)29(42-25)32-23(20-9-6-5-7-10-20)13-21(22(14-31)30(32)43)24-11-8-12-37-24/h5-13,21,25-29,43H,15H2,1-4H3/t21-,25+,26+,27-,28-,29+/m0/s1. The molecule has 2 aliphatic rings. The van der Waals surface area contributed by atoms with Crippen LogP contribution in [0.25, 0.3) is 5.70 Å². The summed E-state index contributed by atoms with van der Waals surface area (Å²) < 4.78 is 34.0. The third kappa shape index (κ3) is 7.10. The number of ether oxygens (including phenoxy) is 5. The average molecular weight is 611 g/mol. The van der Waals surface area contributed by atoms with Gasteiger partial charge in [0.05, 0.1) is 28.9 Å². The number of benzene rings is 1. The summed E-state index contributed by atoms with van der Waals surface area (Å²) >= 11 is 4.77. The van der Waals surface area contributed by atoms with E-state index < -0.39 is 67.0 Å². The van der Waals surface area contributed by atoms with Crippen LogP contribution >= 0.6 is 12.6 Å². The van der Waals surface area contributed by atoms with Crippen LogP contribution in [0.2, 0.25) is 0 Å². The molecular weight excluding hydrogens is 580 g/mol. The molecule has 1 aromatic carbocycles. The maximum atomic E-state index is 12.4. The van der Waals surface area contributed by atoms with E-state index in [9.17, 15) is 24.4 Å². The Hall–Kier alpha value is -4.54. The Bertz CT molecular complexity index is 1460. The highest BCUT2D eigenvalue weighted by atomic mass is 32.1. The maximum absolute atomic E-state index is 12.4. The number of rotatable bonds is 8. The second kappa shape index (κ2) is 13.6. The number of hydrogen-bond acceptors (Lipinski definition) is 13. The second-order valence-corrected chi connectivity index (χ2v) is 10.1. The minimum atomic E-state index is -1.41. The molecule has 0 radical (unpaired) electrons. The lowest BCUT2D eigenvalue weighted by molar-refractivity contribution is -0.268. The third-order valence-corrected chi connectivity index (χ3v) is 7.08. The fourth-order valence-corrected chi connectivity index (χ4v) is 5.44.